The van der Waals surface area contributed by atoms with E-state index in [1.54, 1.807) is 14.2 Å². The topological polar surface area (TPSA) is 91.2 Å². The van der Waals surface area contributed by atoms with Gasteiger partial charge in [-0.3, -0.25) is 9.80 Å². The number of aliphatic hydroxyl groups excluding tert-OH is 2. The minimum atomic E-state index is -0.256. The fraction of sp³-hybridized carbons (Fsp3) is 0.389. The molecule has 0 radical (unpaired) electrons. The molecule has 230 valence electrons. The van der Waals surface area contributed by atoms with Crippen molar-refractivity contribution in [3.63, 3.8) is 0 Å². The molecule has 0 unspecified atom stereocenters. The highest BCUT2D eigenvalue weighted by molar-refractivity contribution is 5.82. The summed E-state index contributed by atoms with van der Waals surface area (Å²) in [5, 5.41) is 19.9. The van der Waals surface area contributed by atoms with E-state index in [1.165, 1.54) is 0 Å². The normalized spacial score (nSPS) is 19.0. The summed E-state index contributed by atoms with van der Waals surface area (Å²) in [6, 6.07) is 21.1. The second-order valence-electron chi connectivity index (χ2n) is 12.0. The summed E-state index contributed by atoms with van der Waals surface area (Å²) in [5.74, 6) is 1.24. The number of hydrogen-bond acceptors (Lipinski definition) is 8. The lowest BCUT2D eigenvalue weighted by atomic mass is 9.89. The molecule has 2 aromatic heterocycles. The summed E-state index contributed by atoms with van der Waals surface area (Å²) < 4.78 is 11.4. The number of benzene rings is 2. The largest absolute Gasteiger partial charge is 0.481 e. The maximum absolute atomic E-state index is 9.93. The first kappa shape index (κ1) is 30.2. The fourth-order valence-corrected chi connectivity index (χ4v) is 6.64. The lowest BCUT2D eigenvalue weighted by Crippen LogP contribution is -2.22. The van der Waals surface area contributed by atoms with Crippen LogP contribution in [0.1, 0.15) is 35.1 Å². The molecule has 8 heteroatoms. The number of methoxy groups -OCH3 is 2. The van der Waals surface area contributed by atoms with Crippen molar-refractivity contribution in [1.29, 1.82) is 0 Å². The fourth-order valence-electron chi connectivity index (χ4n) is 6.64. The summed E-state index contributed by atoms with van der Waals surface area (Å²) in [7, 11) is 3.33. The Bertz CT molecular complexity index is 1520. The van der Waals surface area contributed by atoms with Crippen LogP contribution < -0.4 is 9.47 Å². The molecule has 2 atom stereocenters. The number of hydrogen-bond donors (Lipinski definition) is 2. The predicted octanol–water partition coefficient (Wildman–Crippen LogP) is 5.24. The van der Waals surface area contributed by atoms with Gasteiger partial charge >= 0.3 is 0 Å². The summed E-state index contributed by atoms with van der Waals surface area (Å²) in [6.07, 6.45) is 1.10. The van der Waals surface area contributed by atoms with E-state index >= 15 is 0 Å². The van der Waals surface area contributed by atoms with Gasteiger partial charge in [0, 0.05) is 61.5 Å². The van der Waals surface area contributed by atoms with Gasteiger partial charge in [-0.2, -0.15) is 0 Å². The van der Waals surface area contributed by atoms with E-state index in [2.05, 4.69) is 84.3 Å². The van der Waals surface area contributed by atoms with Gasteiger partial charge in [0.25, 0.3) is 0 Å². The number of β-amino-alcohol motifs (C(OH)–C–C–N with tert-alkyl or cyclic N) is 2. The Morgan fingerprint density at radius 3 is 1.41 bits per heavy atom. The van der Waals surface area contributed by atoms with E-state index in [9.17, 15) is 10.2 Å². The molecule has 4 heterocycles. The molecular formula is C36H42N4O4. The summed E-state index contributed by atoms with van der Waals surface area (Å²) in [4.78, 5) is 14.3. The maximum atomic E-state index is 9.93. The highest BCUT2D eigenvalue weighted by atomic mass is 16.5. The van der Waals surface area contributed by atoms with Gasteiger partial charge in [0.05, 0.1) is 37.8 Å². The van der Waals surface area contributed by atoms with Crippen LogP contribution in [-0.2, 0) is 13.1 Å². The Morgan fingerprint density at radius 1 is 0.636 bits per heavy atom. The van der Waals surface area contributed by atoms with E-state index in [4.69, 9.17) is 19.4 Å². The molecule has 2 aromatic carbocycles. The van der Waals surface area contributed by atoms with Gasteiger partial charge in [-0.15, -0.1) is 0 Å². The SMILES string of the molecule is COc1nc(-c2cccc(-c3cccc(-c4ccc(CN5CC[C@@H](O)C5)c(OC)n4)c3C)c2C)ccc1CN1CC[C@@H](O)C1. The second-order valence-corrected chi connectivity index (χ2v) is 12.0. The number of ether oxygens (including phenoxy) is 2. The first-order chi connectivity index (χ1) is 21.3. The molecule has 2 aliphatic heterocycles. The Morgan fingerprint density at radius 2 is 1.05 bits per heavy atom. The van der Waals surface area contributed by atoms with Gasteiger partial charge in [0.15, 0.2) is 0 Å². The molecule has 0 saturated carbocycles. The molecule has 2 N–H and O–H groups in total. The molecule has 2 aliphatic rings. The van der Waals surface area contributed by atoms with Crippen molar-refractivity contribution < 1.29 is 19.7 Å². The number of rotatable bonds is 9. The quantitative estimate of drug-likeness (QED) is 0.272. The Kier molecular flexibility index (Phi) is 8.96. The van der Waals surface area contributed by atoms with Crippen molar-refractivity contribution in [2.24, 2.45) is 0 Å². The molecule has 0 amide bonds. The van der Waals surface area contributed by atoms with E-state index in [1.807, 2.05) is 0 Å². The van der Waals surface area contributed by atoms with Gasteiger partial charge < -0.3 is 19.7 Å². The first-order valence-electron chi connectivity index (χ1n) is 15.4. The van der Waals surface area contributed by atoms with Gasteiger partial charge in [-0.05, 0) is 61.1 Å². The van der Waals surface area contributed by atoms with Crippen LogP contribution in [0.5, 0.6) is 11.8 Å². The lowest BCUT2D eigenvalue weighted by Gasteiger charge is -2.19. The maximum Gasteiger partial charge on any atom is 0.218 e. The van der Waals surface area contributed by atoms with Gasteiger partial charge in [-0.25, -0.2) is 9.97 Å². The van der Waals surface area contributed by atoms with Crippen molar-refractivity contribution in [2.75, 3.05) is 40.4 Å². The summed E-state index contributed by atoms with van der Waals surface area (Å²) in [5.41, 5.74) is 10.5. The number of likely N-dealkylation sites (tertiary alicyclic amines) is 2. The van der Waals surface area contributed by atoms with Crippen molar-refractivity contribution >= 4 is 0 Å². The van der Waals surface area contributed by atoms with Crippen molar-refractivity contribution in [2.45, 2.75) is 52.0 Å². The zero-order valence-electron chi connectivity index (χ0n) is 26.1. The summed E-state index contributed by atoms with van der Waals surface area (Å²) in [6.45, 7) is 8.83. The standard InChI is InChI=1S/C36H42N4O4/c1-23-29(7-5-9-31(23)33-13-11-25(35(37-33)43-3)19-39-17-15-27(41)21-39)30-8-6-10-32(24(30)2)34-14-12-26(36(38-34)44-4)20-40-18-16-28(42)22-40/h5-14,27-28,41-42H,15-22H2,1-4H3/t27-,28-/m1/s1. The molecule has 2 fully saturated rings. The van der Waals surface area contributed by atoms with Crippen molar-refractivity contribution in [1.82, 2.24) is 19.8 Å². The van der Waals surface area contributed by atoms with Crippen LogP contribution in [-0.4, -0.2) is 82.6 Å². The van der Waals surface area contributed by atoms with E-state index < -0.39 is 0 Å². The zero-order valence-corrected chi connectivity index (χ0v) is 26.1. The minimum absolute atomic E-state index is 0.256. The number of aliphatic hydroxyl groups is 2. The number of aromatic nitrogens is 2. The number of pyridine rings is 2. The minimum Gasteiger partial charge on any atom is -0.481 e. The van der Waals surface area contributed by atoms with E-state index in [-0.39, 0.29) is 12.2 Å². The van der Waals surface area contributed by atoms with Crippen LogP contribution >= 0.6 is 0 Å². The highest BCUT2D eigenvalue weighted by Crippen LogP contribution is 2.37. The van der Waals surface area contributed by atoms with Gasteiger partial charge in [0.1, 0.15) is 0 Å². The molecule has 0 spiro atoms. The van der Waals surface area contributed by atoms with E-state index in [0.29, 0.717) is 37.9 Å². The molecule has 44 heavy (non-hydrogen) atoms. The average Bonchev–Trinajstić information content (AvgIpc) is 3.64. The average molecular weight is 595 g/mol. The van der Waals surface area contributed by atoms with Crippen LogP contribution in [0.2, 0.25) is 0 Å². The zero-order chi connectivity index (χ0) is 30.8. The smallest absolute Gasteiger partial charge is 0.218 e. The molecular weight excluding hydrogens is 552 g/mol. The molecule has 2 saturated heterocycles. The van der Waals surface area contributed by atoms with Crippen LogP contribution in [0.4, 0.5) is 0 Å². The Labute approximate surface area is 259 Å². The Hall–Kier alpha value is -3.82. The first-order valence-corrected chi connectivity index (χ1v) is 15.4. The van der Waals surface area contributed by atoms with Crippen LogP contribution in [0.3, 0.4) is 0 Å². The van der Waals surface area contributed by atoms with Gasteiger partial charge in [-0.1, -0.05) is 48.5 Å². The molecule has 0 bridgehead atoms. The summed E-state index contributed by atoms with van der Waals surface area (Å²) >= 11 is 0. The lowest BCUT2D eigenvalue weighted by molar-refractivity contribution is 0.174. The molecule has 6 rings (SSSR count). The third-order valence-corrected chi connectivity index (χ3v) is 9.06. The predicted molar refractivity (Wildman–Crippen MR) is 173 cm³/mol. The van der Waals surface area contributed by atoms with E-state index in [0.717, 1.165) is 81.8 Å². The van der Waals surface area contributed by atoms with Crippen molar-refractivity contribution in [3.8, 4) is 45.4 Å². The Balaban J connectivity index is 1.29. The van der Waals surface area contributed by atoms with Gasteiger partial charge in [0.2, 0.25) is 11.8 Å². The molecule has 4 aromatic rings. The van der Waals surface area contributed by atoms with Crippen LogP contribution in [0.25, 0.3) is 33.6 Å². The third kappa shape index (κ3) is 6.21. The highest BCUT2D eigenvalue weighted by Gasteiger charge is 2.23. The second kappa shape index (κ2) is 13.0. The van der Waals surface area contributed by atoms with Crippen LogP contribution in [0, 0.1) is 13.8 Å². The molecule has 8 nitrogen and oxygen atoms in total. The number of nitrogens with zero attached hydrogens (tertiary/aromatic N) is 4. The molecule has 0 aliphatic carbocycles. The third-order valence-electron chi connectivity index (χ3n) is 9.06. The monoisotopic (exact) mass is 594 g/mol. The van der Waals surface area contributed by atoms with Crippen LogP contribution in [0.15, 0.2) is 60.7 Å². The van der Waals surface area contributed by atoms with Crippen molar-refractivity contribution in [3.05, 3.63) is 82.9 Å².